The number of carboxylic acid groups (broad SMARTS) is 1. The number of hydrogen-bond donors (Lipinski definition) is 4. The summed E-state index contributed by atoms with van der Waals surface area (Å²) in [6, 6.07) is 0. The zero-order valence-electron chi connectivity index (χ0n) is 24.1. The summed E-state index contributed by atoms with van der Waals surface area (Å²) in [6.45, 7) is 12.4. The minimum atomic E-state index is -0.979. The molecular weight excluding hydrogens is 482 g/mol. The third kappa shape index (κ3) is 4.37. The van der Waals surface area contributed by atoms with Gasteiger partial charge >= 0.3 is 11.9 Å². The Bertz CT molecular complexity index is 1020. The maximum atomic E-state index is 12.7. The first-order valence-corrected chi connectivity index (χ1v) is 14.6. The molecule has 4 saturated carbocycles. The third-order valence-electron chi connectivity index (χ3n) is 11.6. The number of rotatable bonds is 6. The van der Waals surface area contributed by atoms with Gasteiger partial charge in [0, 0.05) is 12.5 Å². The van der Waals surface area contributed by atoms with Gasteiger partial charge < -0.3 is 25.8 Å². The Kier molecular flexibility index (Phi) is 7.99. The van der Waals surface area contributed by atoms with Gasteiger partial charge in [0.2, 0.25) is 0 Å². The number of aliphatic hydroxyl groups is 2. The SMILES string of the molecule is CC(=O)O[C@H]1C[C@@]2(C)[C@@H](C[C@@H](O)[C@H]3[C@@]4(C)CC[C@@H](O)[C@@H](C)[C@@H]4CC[C@@]32CN)/C1=C(\CCC=C(C)C)C(=O)O. The molecule has 0 aromatic rings. The van der Waals surface area contributed by atoms with Crippen molar-refractivity contribution in [1.82, 2.24) is 0 Å². The van der Waals surface area contributed by atoms with Crippen LogP contribution in [-0.4, -0.2) is 52.1 Å². The lowest BCUT2D eigenvalue weighted by molar-refractivity contribution is -0.237. The van der Waals surface area contributed by atoms with Crippen LogP contribution in [0.5, 0.6) is 0 Å². The maximum Gasteiger partial charge on any atom is 0.331 e. The van der Waals surface area contributed by atoms with E-state index in [1.807, 2.05) is 19.9 Å². The summed E-state index contributed by atoms with van der Waals surface area (Å²) in [5.41, 5.74) is 7.83. The van der Waals surface area contributed by atoms with E-state index < -0.39 is 35.0 Å². The van der Waals surface area contributed by atoms with E-state index in [1.165, 1.54) is 6.92 Å². The Morgan fingerprint density at radius 2 is 1.79 bits per heavy atom. The molecule has 0 unspecified atom stereocenters. The van der Waals surface area contributed by atoms with Crippen LogP contribution in [0.2, 0.25) is 0 Å². The average Bonchev–Trinajstić information content (AvgIpc) is 3.09. The fourth-order valence-electron chi connectivity index (χ4n) is 9.98. The first-order chi connectivity index (χ1) is 17.7. The summed E-state index contributed by atoms with van der Waals surface area (Å²) >= 11 is 0. The lowest BCUT2D eigenvalue weighted by Crippen LogP contribution is -2.68. The summed E-state index contributed by atoms with van der Waals surface area (Å²) in [5.74, 6) is -1.24. The monoisotopic (exact) mass is 531 g/mol. The van der Waals surface area contributed by atoms with Crippen LogP contribution in [0.4, 0.5) is 0 Å². The Balaban J connectivity index is 1.86. The van der Waals surface area contributed by atoms with Crippen molar-refractivity contribution in [1.29, 1.82) is 0 Å². The number of carboxylic acids is 1. The van der Waals surface area contributed by atoms with E-state index in [0.717, 1.165) is 24.8 Å². The molecule has 10 atom stereocenters. The van der Waals surface area contributed by atoms with E-state index in [9.17, 15) is 24.9 Å². The van der Waals surface area contributed by atoms with Gasteiger partial charge in [-0.2, -0.15) is 0 Å². The molecule has 4 fully saturated rings. The number of carbonyl (C=O) groups is 2. The van der Waals surface area contributed by atoms with Crippen molar-refractivity contribution in [3.8, 4) is 0 Å². The molecule has 5 N–H and O–H groups in total. The van der Waals surface area contributed by atoms with Crippen molar-refractivity contribution < 1.29 is 29.6 Å². The third-order valence-corrected chi connectivity index (χ3v) is 11.6. The molecule has 4 aliphatic rings. The van der Waals surface area contributed by atoms with Gasteiger partial charge in [0.05, 0.1) is 12.2 Å². The van der Waals surface area contributed by atoms with Crippen molar-refractivity contribution >= 4 is 11.9 Å². The Morgan fingerprint density at radius 3 is 2.37 bits per heavy atom. The van der Waals surface area contributed by atoms with Gasteiger partial charge in [-0.1, -0.05) is 32.4 Å². The number of fused-ring (bicyclic) bond motifs is 5. The van der Waals surface area contributed by atoms with Gasteiger partial charge in [0.25, 0.3) is 0 Å². The van der Waals surface area contributed by atoms with Crippen molar-refractivity contribution in [3.63, 3.8) is 0 Å². The van der Waals surface area contributed by atoms with Crippen LogP contribution in [0.1, 0.15) is 92.9 Å². The molecule has 0 bridgehead atoms. The molecule has 0 saturated heterocycles. The minimum Gasteiger partial charge on any atom is -0.478 e. The fraction of sp³-hybridized carbons (Fsp3) is 0.806. The largest absolute Gasteiger partial charge is 0.478 e. The Morgan fingerprint density at radius 1 is 1.11 bits per heavy atom. The molecule has 0 aromatic heterocycles. The van der Waals surface area contributed by atoms with Crippen LogP contribution >= 0.6 is 0 Å². The lowest BCUT2D eigenvalue weighted by atomic mass is 9.36. The molecule has 4 aliphatic carbocycles. The fourth-order valence-corrected chi connectivity index (χ4v) is 9.98. The highest BCUT2D eigenvalue weighted by Crippen LogP contribution is 2.74. The van der Waals surface area contributed by atoms with Crippen LogP contribution in [-0.2, 0) is 14.3 Å². The normalized spacial score (nSPS) is 45.3. The number of nitrogens with two attached hydrogens (primary N) is 1. The second-order valence-electron chi connectivity index (χ2n) is 13.6. The number of aliphatic carboxylic acids is 1. The van der Waals surface area contributed by atoms with Crippen LogP contribution < -0.4 is 5.73 Å². The second kappa shape index (κ2) is 10.4. The maximum absolute atomic E-state index is 12.7. The van der Waals surface area contributed by atoms with E-state index in [-0.39, 0.29) is 29.3 Å². The van der Waals surface area contributed by atoms with Crippen LogP contribution in [0.15, 0.2) is 22.8 Å². The van der Waals surface area contributed by atoms with E-state index in [4.69, 9.17) is 10.5 Å². The summed E-state index contributed by atoms with van der Waals surface area (Å²) in [6.07, 6.45) is 5.62. The molecule has 0 amide bonds. The highest BCUT2D eigenvalue weighted by atomic mass is 16.5. The molecule has 0 aromatic carbocycles. The molecule has 0 aliphatic heterocycles. The molecule has 0 heterocycles. The molecule has 214 valence electrons. The minimum absolute atomic E-state index is 0.0637. The number of carbonyl (C=O) groups excluding carboxylic acids is 1. The first kappa shape index (κ1) is 29.3. The molecule has 0 spiro atoms. The predicted octanol–water partition coefficient (Wildman–Crippen LogP) is 4.60. The number of allylic oxidation sites excluding steroid dienone is 2. The zero-order chi connectivity index (χ0) is 28.2. The number of hydrogen-bond acceptors (Lipinski definition) is 6. The van der Waals surface area contributed by atoms with Crippen LogP contribution in [0, 0.1) is 39.9 Å². The topological polar surface area (TPSA) is 130 Å². The quantitative estimate of drug-likeness (QED) is 0.224. The number of esters is 1. The van der Waals surface area contributed by atoms with Crippen molar-refractivity contribution in [2.75, 3.05) is 6.54 Å². The highest BCUT2D eigenvalue weighted by molar-refractivity contribution is 5.88. The van der Waals surface area contributed by atoms with Crippen molar-refractivity contribution in [3.05, 3.63) is 22.8 Å². The first-order valence-electron chi connectivity index (χ1n) is 14.6. The lowest BCUT2D eigenvalue weighted by Gasteiger charge is -2.69. The highest BCUT2D eigenvalue weighted by Gasteiger charge is 2.72. The van der Waals surface area contributed by atoms with Gasteiger partial charge in [-0.05, 0) is 117 Å². The van der Waals surface area contributed by atoms with E-state index in [1.54, 1.807) is 0 Å². The molecule has 4 rings (SSSR count). The predicted molar refractivity (Wildman–Crippen MR) is 146 cm³/mol. The van der Waals surface area contributed by atoms with Gasteiger partial charge in [-0.25, -0.2) is 4.79 Å². The summed E-state index contributed by atoms with van der Waals surface area (Å²) in [5, 5.41) is 33.0. The Hall–Kier alpha value is -1.70. The molecular formula is C31H49NO6. The van der Waals surface area contributed by atoms with Crippen LogP contribution in [0.25, 0.3) is 0 Å². The average molecular weight is 532 g/mol. The van der Waals surface area contributed by atoms with Gasteiger partial charge in [0.15, 0.2) is 0 Å². The van der Waals surface area contributed by atoms with Gasteiger partial charge in [0.1, 0.15) is 6.10 Å². The summed E-state index contributed by atoms with van der Waals surface area (Å²) < 4.78 is 5.88. The summed E-state index contributed by atoms with van der Waals surface area (Å²) in [7, 11) is 0. The number of ether oxygens (including phenoxy) is 1. The van der Waals surface area contributed by atoms with E-state index >= 15 is 0 Å². The van der Waals surface area contributed by atoms with Gasteiger partial charge in [-0.3, -0.25) is 4.79 Å². The summed E-state index contributed by atoms with van der Waals surface area (Å²) in [4.78, 5) is 24.9. The van der Waals surface area contributed by atoms with Crippen molar-refractivity contribution in [2.24, 2.45) is 45.7 Å². The zero-order valence-corrected chi connectivity index (χ0v) is 24.1. The van der Waals surface area contributed by atoms with E-state index in [2.05, 4.69) is 20.8 Å². The standard InChI is InChI=1S/C31H49NO6/c1-17(2)8-7-9-20(28(36)37)26-22-14-24(35)27-29(5)12-11-23(34)18(3)21(29)10-13-31(27,16-32)30(22,6)15-25(26)38-19(4)33/h8,18,21-25,27,34-35H,7,9-16,32H2,1-6H3,(H,36,37)/b26-20-/t18-,21-,22-,23+,24+,25-,27-,29-,30-,31+/m0/s1. The van der Waals surface area contributed by atoms with Crippen LogP contribution in [0.3, 0.4) is 0 Å². The molecule has 7 heteroatoms. The van der Waals surface area contributed by atoms with Crippen molar-refractivity contribution in [2.45, 2.75) is 111 Å². The van der Waals surface area contributed by atoms with E-state index in [0.29, 0.717) is 55.7 Å². The molecule has 0 radical (unpaired) electrons. The number of aliphatic hydroxyl groups excluding tert-OH is 2. The second-order valence-corrected chi connectivity index (χ2v) is 13.6. The smallest absolute Gasteiger partial charge is 0.331 e. The van der Waals surface area contributed by atoms with Gasteiger partial charge in [-0.15, -0.1) is 0 Å². The Labute approximate surface area is 227 Å². The molecule has 38 heavy (non-hydrogen) atoms. The molecule has 7 nitrogen and oxygen atoms in total.